The number of carbonyl (C=O) groups is 1. The predicted molar refractivity (Wildman–Crippen MR) is 61.1 cm³/mol. The van der Waals surface area contributed by atoms with Crippen LogP contribution in [0.1, 0.15) is 5.69 Å². The van der Waals surface area contributed by atoms with Crippen molar-refractivity contribution in [3.63, 3.8) is 0 Å². The van der Waals surface area contributed by atoms with Crippen LogP contribution in [0.5, 0.6) is 0 Å². The molecule has 16 heavy (non-hydrogen) atoms. The average Bonchev–Trinajstić information content (AvgIpc) is 2.63. The number of aromatic nitrogens is 1. The van der Waals surface area contributed by atoms with Gasteiger partial charge in [-0.1, -0.05) is 0 Å². The molecule has 1 aromatic heterocycles. The maximum Gasteiger partial charge on any atom is 0.226 e. The van der Waals surface area contributed by atoms with Crippen LogP contribution in [0.2, 0.25) is 0 Å². The molecule has 0 aliphatic heterocycles. The molecule has 90 valence electrons. The van der Waals surface area contributed by atoms with Gasteiger partial charge in [0.2, 0.25) is 5.91 Å². The van der Waals surface area contributed by atoms with Crippen LogP contribution in [0.15, 0.2) is 5.38 Å². The van der Waals surface area contributed by atoms with Crippen molar-refractivity contribution in [1.82, 2.24) is 10.3 Å². The first-order valence-electron chi connectivity index (χ1n) is 4.87. The standard InChI is InChI=1S/C9H15N3O3S/c10-9-12-7(6-16-9)5-8(14)11-1-3-15-4-2-13/h6,13H,1-5H2,(H2,10,12)(H,11,14). The van der Waals surface area contributed by atoms with Gasteiger partial charge < -0.3 is 20.9 Å². The van der Waals surface area contributed by atoms with E-state index >= 15 is 0 Å². The van der Waals surface area contributed by atoms with Gasteiger partial charge in [-0.2, -0.15) is 0 Å². The number of amides is 1. The van der Waals surface area contributed by atoms with Gasteiger partial charge >= 0.3 is 0 Å². The van der Waals surface area contributed by atoms with E-state index in [0.717, 1.165) is 0 Å². The molecule has 0 bridgehead atoms. The van der Waals surface area contributed by atoms with Gasteiger partial charge in [-0.3, -0.25) is 4.79 Å². The van der Waals surface area contributed by atoms with Crippen molar-refractivity contribution in [3.8, 4) is 0 Å². The van der Waals surface area contributed by atoms with Crippen LogP contribution in [-0.2, 0) is 16.0 Å². The highest BCUT2D eigenvalue weighted by Crippen LogP contribution is 2.10. The van der Waals surface area contributed by atoms with Crippen LogP contribution < -0.4 is 11.1 Å². The first-order chi connectivity index (χ1) is 7.72. The minimum atomic E-state index is -0.113. The van der Waals surface area contributed by atoms with E-state index in [1.54, 1.807) is 5.38 Å². The second kappa shape index (κ2) is 7.15. The molecular weight excluding hydrogens is 230 g/mol. The predicted octanol–water partition coefficient (Wildman–Crippen LogP) is -0.607. The third kappa shape index (κ3) is 5.06. The molecule has 0 spiro atoms. The fourth-order valence-corrected chi connectivity index (χ4v) is 1.62. The zero-order valence-electron chi connectivity index (χ0n) is 8.81. The number of nitrogens with zero attached hydrogens (tertiary/aromatic N) is 1. The second-order valence-electron chi connectivity index (χ2n) is 3.04. The van der Waals surface area contributed by atoms with E-state index in [1.807, 2.05) is 0 Å². The maximum atomic E-state index is 11.4. The summed E-state index contributed by atoms with van der Waals surface area (Å²) in [6.07, 6.45) is 0.230. The minimum Gasteiger partial charge on any atom is -0.394 e. The molecule has 1 heterocycles. The highest BCUT2D eigenvalue weighted by atomic mass is 32.1. The molecule has 0 saturated heterocycles. The Kier molecular flexibility index (Phi) is 5.76. The third-order valence-electron chi connectivity index (χ3n) is 1.72. The Morgan fingerprint density at radius 2 is 2.44 bits per heavy atom. The van der Waals surface area contributed by atoms with Gasteiger partial charge in [0, 0.05) is 11.9 Å². The Bertz CT molecular complexity index is 330. The van der Waals surface area contributed by atoms with E-state index in [0.29, 0.717) is 30.6 Å². The Morgan fingerprint density at radius 1 is 1.62 bits per heavy atom. The fraction of sp³-hybridized carbons (Fsp3) is 0.556. The maximum absolute atomic E-state index is 11.4. The number of thiazole rings is 1. The number of hydrogen-bond donors (Lipinski definition) is 3. The molecule has 0 atom stereocenters. The van der Waals surface area contributed by atoms with Gasteiger partial charge in [-0.25, -0.2) is 4.98 Å². The Hall–Kier alpha value is -1.18. The fourth-order valence-electron chi connectivity index (χ4n) is 1.06. The summed E-state index contributed by atoms with van der Waals surface area (Å²) >= 11 is 1.32. The molecule has 1 aromatic rings. The minimum absolute atomic E-state index is 0.00789. The lowest BCUT2D eigenvalue weighted by Crippen LogP contribution is -2.29. The summed E-state index contributed by atoms with van der Waals surface area (Å²) in [7, 11) is 0. The van der Waals surface area contributed by atoms with E-state index in [2.05, 4.69) is 10.3 Å². The smallest absolute Gasteiger partial charge is 0.226 e. The molecular formula is C9H15N3O3S. The first kappa shape index (κ1) is 12.9. The molecule has 6 nitrogen and oxygen atoms in total. The van der Waals surface area contributed by atoms with E-state index in [9.17, 15) is 4.79 Å². The highest BCUT2D eigenvalue weighted by molar-refractivity contribution is 7.13. The SMILES string of the molecule is Nc1nc(CC(=O)NCCOCCO)cs1. The molecule has 0 unspecified atom stereocenters. The number of aliphatic hydroxyl groups excluding tert-OH is 1. The zero-order chi connectivity index (χ0) is 11.8. The van der Waals surface area contributed by atoms with Crippen LogP contribution in [0.3, 0.4) is 0 Å². The van der Waals surface area contributed by atoms with Gasteiger partial charge in [-0.05, 0) is 0 Å². The van der Waals surface area contributed by atoms with Crippen molar-refractivity contribution in [2.24, 2.45) is 0 Å². The molecule has 0 aromatic carbocycles. The van der Waals surface area contributed by atoms with Crippen LogP contribution in [0, 0.1) is 0 Å². The number of nitrogens with two attached hydrogens (primary N) is 1. The van der Waals surface area contributed by atoms with E-state index < -0.39 is 0 Å². The summed E-state index contributed by atoms with van der Waals surface area (Å²) in [5, 5.41) is 13.3. The summed E-state index contributed by atoms with van der Waals surface area (Å²) in [4.78, 5) is 15.3. The van der Waals surface area contributed by atoms with Crippen LogP contribution in [0.25, 0.3) is 0 Å². The Morgan fingerprint density at radius 3 is 3.06 bits per heavy atom. The number of nitrogen functional groups attached to an aromatic ring is 1. The Balaban J connectivity index is 2.11. The van der Waals surface area contributed by atoms with Gasteiger partial charge in [0.05, 0.1) is 31.9 Å². The van der Waals surface area contributed by atoms with Gasteiger partial charge in [0.15, 0.2) is 5.13 Å². The zero-order valence-corrected chi connectivity index (χ0v) is 9.63. The summed E-state index contributed by atoms with van der Waals surface area (Å²) in [6, 6.07) is 0. The van der Waals surface area contributed by atoms with Crippen LogP contribution in [0.4, 0.5) is 5.13 Å². The number of nitrogens with one attached hydrogen (secondary N) is 1. The summed E-state index contributed by atoms with van der Waals surface area (Å²) in [6.45, 7) is 1.11. The van der Waals surface area contributed by atoms with E-state index in [-0.39, 0.29) is 18.9 Å². The lowest BCUT2D eigenvalue weighted by Gasteiger charge is -2.04. The average molecular weight is 245 g/mol. The first-order valence-corrected chi connectivity index (χ1v) is 5.75. The molecule has 0 aliphatic carbocycles. The quantitative estimate of drug-likeness (QED) is 0.557. The summed E-state index contributed by atoms with van der Waals surface area (Å²) in [5.41, 5.74) is 6.12. The van der Waals surface area contributed by atoms with Gasteiger partial charge in [-0.15, -0.1) is 11.3 Å². The van der Waals surface area contributed by atoms with Crippen molar-refractivity contribution in [3.05, 3.63) is 11.1 Å². The second-order valence-corrected chi connectivity index (χ2v) is 3.93. The number of carbonyl (C=O) groups excluding carboxylic acids is 1. The molecule has 0 saturated carbocycles. The third-order valence-corrected chi connectivity index (χ3v) is 2.44. The van der Waals surface area contributed by atoms with Crippen molar-refractivity contribution in [2.75, 3.05) is 32.1 Å². The van der Waals surface area contributed by atoms with Crippen LogP contribution in [-0.4, -0.2) is 42.4 Å². The topological polar surface area (TPSA) is 97.5 Å². The molecule has 0 radical (unpaired) electrons. The summed E-state index contributed by atoms with van der Waals surface area (Å²) < 4.78 is 4.99. The number of rotatable bonds is 7. The lowest BCUT2D eigenvalue weighted by molar-refractivity contribution is -0.120. The van der Waals surface area contributed by atoms with Gasteiger partial charge in [0.25, 0.3) is 0 Å². The number of anilines is 1. The monoisotopic (exact) mass is 245 g/mol. The molecule has 0 fully saturated rings. The van der Waals surface area contributed by atoms with E-state index in [1.165, 1.54) is 11.3 Å². The number of ether oxygens (including phenoxy) is 1. The van der Waals surface area contributed by atoms with Crippen molar-refractivity contribution in [2.45, 2.75) is 6.42 Å². The largest absolute Gasteiger partial charge is 0.394 e. The van der Waals surface area contributed by atoms with Crippen molar-refractivity contribution < 1.29 is 14.6 Å². The van der Waals surface area contributed by atoms with E-state index in [4.69, 9.17) is 15.6 Å². The molecule has 0 aliphatic rings. The molecule has 1 rings (SSSR count). The lowest BCUT2D eigenvalue weighted by atomic mass is 10.3. The molecule has 7 heteroatoms. The van der Waals surface area contributed by atoms with Gasteiger partial charge in [0.1, 0.15) is 0 Å². The Labute approximate surface area is 97.4 Å². The van der Waals surface area contributed by atoms with Crippen molar-refractivity contribution in [1.29, 1.82) is 0 Å². The number of hydrogen-bond acceptors (Lipinski definition) is 6. The normalized spacial score (nSPS) is 10.3. The highest BCUT2D eigenvalue weighted by Gasteiger charge is 2.05. The molecule has 1 amide bonds. The molecule has 4 N–H and O–H groups in total. The number of aliphatic hydroxyl groups is 1. The summed E-state index contributed by atoms with van der Waals surface area (Å²) in [5.74, 6) is -0.113. The van der Waals surface area contributed by atoms with Crippen LogP contribution >= 0.6 is 11.3 Å². The van der Waals surface area contributed by atoms with Crippen molar-refractivity contribution >= 4 is 22.4 Å².